The Morgan fingerprint density at radius 1 is 1.44 bits per heavy atom. The number of imidazole rings is 1. The molecule has 0 spiro atoms. The van der Waals surface area contributed by atoms with Crippen LogP contribution < -0.4 is 5.32 Å². The van der Waals surface area contributed by atoms with Crippen LogP contribution in [-0.4, -0.2) is 26.1 Å². The number of halogens is 1. The lowest BCUT2D eigenvalue weighted by molar-refractivity contribution is -0.114. The van der Waals surface area contributed by atoms with Gasteiger partial charge in [-0.05, 0) is 58.7 Å². The van der Waals surface area contributed by atoms with Gasteiger partial charge in [-0.2, -0.15) is 5.10 Å². The van der Waals surface area contributed by atoms with Crippen LogP contribution in [0.3, 0.4) is 0 Å². The summed E-state index contributed by atoms with van der Waals surface area (Å²) in [6.07, 6.45) is 3.47. The molecular formula is C18H18BrN5O. The first-order valence-electron chi connectivity index (χ1n) is 8.46. The third-order valence-corrected chi connectivity index (χ3v) is 6.28. The zero-order chi connectivity index (χ0) is 17.3. The molecule has 0 aliphatic heterocycles. The summed E-state index contributed by atoms with van der Waals surface area (Å²) in [6, 6.07) is 3.81. The first-order chi connectivity index (χ1) is 11.9. The molecule has 0 bridgehead atoms. The number of rotatable bonds is 2. The van der Waals surface area contributed by atoms with Crippen molar-refractivity contribution in [3.8, 4) is 11.5 Å². The van der Waals surface area contributed by atoms with E-state index >= 15 is 0 Å². The molecule has 1 amide bonds. The molecule has 2 aliphatic carbocycles. The minimum absolute atomic E-state index is 0.107. The highest BCUT2D eigenvalue weighted by Crippen LogP contribution is 2.59. The molecular weight excluding hydrogens is 382 g/mol. The van der Waals surface area contributed by atoms with Crippen LogP contribution in [0.1, 0.15) is 31.5 Å². The van der Waals surface area contributed by atoms with Crippen molar-refractivity contribution in [2.45, 2.75) is 33.1 Å². The average Bonchev–Trinajstić information content (AvgIpc) is 2.86. The van der Waals surface area contributed by atoms with Gasteiger partial charge in [-0.3, -0.25) is 9.89 Å². The molecule has 0 saturated heterocycles. The summed E-state index contributed by atoms with van der Waals surface area (Å²) in [7, 11) is 0. The highest BCUT2D eigenvalue weighted by molar-refractivity contribution is 9.10. The van der Waals surface area contributed by atoms with Crippen LogP contribution in [-0.2, 0) is 17.6 Å². The van der Waals surface area contributed by atoms with Crippen molar-refractivity contribution >= 4 is 38.6 Å². The fourth-order valence-corrected chi connectivity index (χ4v) is 4.52. The fraction of sp³-hybridized carbons (Fsp3) is 0.389. The molecule has 128 valence electrons. The quantitative estimate of drug-likeness (QED) is 0.612. The van der Waals surface area contributed by atoms with E-state index in [1.165, 1.54) is 24.6 Å². The number of anilines is 1. The van der Waals surface area contributed by atoms with E-state index in [4.69, 9.17) is 4.98 Å². The molecule has 0 radical (unpaired) electrons. The summed E-state index contributed by atoms with van der Waals surface area (Å²) >= 11 is 3.50. The van der Waals surface area contributed by atoms with Crippen molar-refractivity contribution in [1.82, 2.24) is 20.2 Å². The minimum atomic E-state index is -0.107. The number of aromatic nitrogens is 4. The van der Waals surface area contributed by atoms with E-state index in [0.717, 1.165) is 51.5 Å². The van der Waals surface area contributed by atoms with Gasteiger partial charge < -0.3 is 10.3 Å². The van der Waals surface area contributed by atoms with Gasteiger partial charge in [-0.1, -0.05) is 6.92 Å². The summed E-state index contributed by atoms with van der Waals surface area (Å²) in [4.78, 5) is 19.4. The van der Waals surface area contributed by atoms with Crippen molar-refractivity contribution in [1.29, 1.82) is 0 Å². The Labute approximate surface area is 152 Å². The number of carbonyl (C=O) groups excluding carboxylic acids is 1. The van der Waals surface area contributed by atoms with Gasteiger partial charge in [0, 0.05) is 22.7 Å². The topological polar surface area (TPSA) is 86.5 Å². The van der Waals surface area contributed by atoms with Crippen molar-refractivity contribution in [2.75, 3.05) is 5.32 Å². The number of carbonyl (C=O) groups is 1. The predicted octanol–water partition coefficient (Wildman–Crippen LogP) is 3.80. The second kappa shape index (κ2) is 4.94. The monoisotopic (exact) mass is 399 g/mol. The number of nitrogens with zero attached hydrogens (tertiary/aromatic N) is 2. The summed E-state index contributed by atoms with van der Waals surface area (Å²) in [5, 5.41) is 10.6. The Morgan fingerprint density at radius 3 is 3.08 bits per heavy atom. The molecule has 2 aromatic heterocycles. The molecule has 1 fully saturated rings. The fourth-order valence-electron chi connectivity index (χ4n) is 4.08. The van der Waals surface area contributed by atoms with Gasteiger partial charge in [0.05, 0.1) is 16.7 Å². The Bertz CT molecular complexity index is 1040. The molecule has 3 N–H and O–H groups in total. The highest BCUT2D eigenvalue weighted by atomic mass is 79.9. The van der Waals surface area contributed by atoms with Gasteiger partial charge in [0.15, 0.2) is 5.82 Å². The molecule has 2 aliphatic rings. The summed E-state index contributed by atoms with van der Waals surface area (Å²) in [5.74, 6) is 1.45. The largest absolute Gasteiger partial charge is 0.337 e. The van der Waals surface area contributed by atoms with Gasteiger partial charge in [0.2, 0.25) is 5.91 Å². The van der Waals surface area contributed by atoms with Crippen LogP contribution in [0.25, 0.3) is 22.6 Å². The van der Waals surface area contributed by atoms with Crippen LogP contribution in [0.5, 0.6) is 0 Å². The van der Waals surface area contributed by atoms with E-state index in [0.29, 0.717) is 5.41 Å². The third-order valence-electron chi connectivity index (χ3n) is 5.63. The number of amides is 1. The van der Waals surface area contributed by atoms with Crippen LogP contribution in [0.15, 0.2) is 16.6 Å². The Kier molecular flexibility index (Phi) is 2.99. The lowest BCUT2D eigenvalue weighted by Crippen LogP contribution is -2.13. The van der Waals surface area contributed by atoms with Crippen LogP contribution in [0.4, 0.5) is 5.69 Å². The molecule has 25 heavy (non-hydrogen) atoms. The van der Waals surface area contributed by atoms with Crippen LogP contribution >= 0.6 is 15.9 Å². The van der Waals surface area contributed by atoms with E-state index in [1.54, 1.807) is 0 Å². The van der Waals surface area contributed by atoms with Crippen molar-refractivity contribution < 1.29 is 4.79 Å². The molecule has 2 atom stereocenters. The lowest BCUT2D eigenvalue weighted by Gasteiger charge is -2.17. The summed E-state index contributed by atoms with van der Waals surface area (Å²) in [6.45, 7) is 3.86. The van der Waals surface area contributed by atoms with E-state index in [2.05, 4.69) is 43.4 Å². The number of aromatic amines is 2. The van der Waals surface area contributed by atoms with E-state index in [-0.39, 0.29) is 5.91 Å². The Hall–Kier alpha value is -2.15. The minimum Gasteiger partial charge on any atom is -0.337 e. The lowest BCUT2D eigenvalue weighted by atomic mass is 9.88. The molecule has 5 rings (SSSR count). The first kappa shape index (κ1) is 15.1. The number of benzene rings is 1. The maximum atomic E-state index is 11.3. The van der Waals surface area contributed by atoms with Crippen LogP contribution in [0, 0.1) is 11.3 Å². The van der Waals surface area contributed by atoms with Crippen molar-refractivity contribution in [3.63, 3.8) is 0 Å². The zero-order valence-electron chi connectivity index (χ0n) is 14.0. The first-order valence-corrected chi connectivity index (χ1v) is 9.25. The van der Waals surface area contributed by atoms with E-state index in [1.807, 2.05) is 12.1 Å². The van der Waals surface area contributed by atoms with E-state index < -0.39 is 0 Å². The van der Waals surface area contributed by atoms with Crippen LogP contribution in [0.2, 0.25) is 0 Å². The summed E-state index contributed by atoms with van der Waals surface area (Å²) < 4.78 is 0.822. The molecule has 6 nitrogen and oxygen atoms in total. The van der Waals surface area contributed by atoms with Gasteiger partial charge in [-0.25, -0.2) is 4.98 Å². The SMILES string of the molecule is CC(=O)Nc1cc2nc(-c3n[nH]c4c3C[C@@H]3C[C@]3(C)C4)[nH]c2cc1Br. The maximum Gasteiger partial charge on any atom is 0.221 e. The highest BCUT2D eigenvalue weighted by Gasteiger charge is 2.53. The second-order valence-electron chi connectivity index (χ2n) is 7.58. The molecule has 1 aromatic carbocycles. The van der Waals surface area contributed by atoms with Crippen molar-refractivity contribution in [3.05, 3.63) is 27.9 Å². The predicted molar refractivity (Wildman–Crippen MR) is 99.3 cm³/mol. The molecule has 3 aromatic rings. The number of hydrogen-bond donors (Lipinski definition) is 3. The standard InChI is InChI=1S/C18H18BrN5O/c1-8(25)20-12-5-14-13(4-11(12)19)21-17(22-14)16-10-3-9-6-18(9,2)7-15(10)23-24-16/h4-5,9H,3,6-7H2,1-2H3,(H,20,25)(H,21,22)(H,23,24)/t9-,18-/m1/s1. The van der Waals surface area contributed by atoms with E-state index in [9.17, 15) is 4.79 Å². The number of nitrogens with one attached hydrogen (secondary N) is 3. The van der Waals surface area contributed by atoms with Gasteiger partial charge in [0.1, 0.15) is 5.69 Å². The number of hydrogen-bond acceptors (Lipinski definition) is 3. The molecule has 7 heteroatoms. The molecule has 1 saturated carbocycles. The molecule has 2 heterocycles. The third kappa shape index (κ3) is 2.33. The van der Waals surface area contributed by atoms with Gasteiger partial charge in [0.25, 0.3) is 0 Å². The molecule has 0 unspecified atom stereocenters. The Morgan fingerprint density at radius 2 is 2.28 bits per heavy atom. The van der Waals surface area contributed by atoms with Gasteiger partial charge in [-0.15, -0.1) is 0 Å². The summed E-state index contributed by atoms with van der Waals surface area (Å²) in [5.41, 5.74) is 6.41. The maximum absolute atomic E-state index is 11.3. The average molecular weight is 400 g/mol. The Balaban J connectivity index is 1.57. The zero-order valence-corrected chi connectivity index (χ0v) is 15.6. The van der Waals surface area contributed by atoms with Gasteiger partial charge >= 0.3 is 0 Å². The number of fused-ring (bicyclic) bond motifs is 3. The smallest absolute Gasteiger partial charge is 0.221 e. The normalized spacial score (nSPS) is 24.0. The van der Waals surface area contributed by atoms with Crippen molar-refractivity contribution in [2.24, 2.45) is 11.3 Å². The number of H-pyrrole nitrogens is 2. The second-order valence-corrected chi connectivity index (χ2v) is 8.44.